The SMILES string of the molecule is Cc1cc(C)c(C(=O)c2cc(F)ccc2F)cc1N. The first-order valence-electron chi connectivity index (χ1n) is 5.76. The molecule has 0 aliphatic carbocycles. The summed E-state index contributed by atoms with van der Waals surface area (Å²) in [5.74, 6) is -1.96. The zero-order valence-corrected chi connectivity index (χ0v) is 10.6. The molecule has 2 aromatic rings. The minimum Gasteiger partial charge on any atom is -0.398 e. The molecule has 0 fully saturated rings. The van der Waals surface area contributed by atoms with E-state index in [1.807, 2.05) is 6.92 Å². The number of hydrogen-bond acceptors (Lipinski definition) is 2. The fraction of sp³-hybridized carbons (Fsp3) is 0.133. The van der Waals surface area contributed by atoms with Crippen LogP contribution in [0.5, 0.6) is 0 Å². The standard InChI is InChI=1S/C15H13F2NO/c1-8-5-9(2)14(18)7-11(8)15(19)12-6-10(16)3-4-13(12)17/h3-7H,18H2,1-2H3. The van der Waals surface area contributed by atoms with E-state index in [4.69, 9.17) is 5.73 Å². The van der Waals surface area contributed by atoms with Gasteiger partial charge in [-0.1, -0.05) is 6.07 Å². The minimum absolute atomic E-state index is 0.285. The van der Waals surface area contributed by atoms with E-state index in [0.29, 0.717) is 11.3 Å². The molecule has 0 aliphatic heterocycles. The Labute approximate surface area is 109 Å². The summed E-state index contributed by atoms with van der Waals surface area (Å²) < 4.78 is 26.7. The average Bonchev–Trinajstić information content (AvgIpc) is 2.36. The van der Waals surface area contributed by atoms with Gasteiger partial charge in [0, 0.05) is 11.3 Å². The van der Waals surface area contributed by atoms with Crippen LogP contribution in [0.4, 0.5) is 14.5 Å². The third-order valence-corrected chi connectivity index (χ3v) is 3.03. The minimum atomic E-state index is -0.745. The molecule has 2 N–H and O–H groups in total. The van der Waals surface area contributed by atoms with E-state index in [1.54, 1.807) is 13.0 Å². The maximum absolute atomic E-state index is 13.6. The van der Waals surface area contributed by atoms with Gasteiger partial charge in [0.1, 0.15) is 11.6 Å². The Hall–Kier alpha value is -2.23. The normalized spacial score (nSPS) is 10.5. The number of anilines is 1. The third-order valence-electron chi connectivity index (χ3n) is 3.03. The molecule has 0 saturated carbocycles. The first-order chi connectivity index (χ1) is 8.90. The largest absolute Gasteiger partial charge is 0.398 e. The van der Waals surface area contributed by atoms with Crippen molar-refractivity contribution in [2.75, 3.05) is 5.73 Å². The molecular weight excluding hydrogens is 248 g/mol. The van der Waals surface area contributed by atoms with Crippen LogP contribution in [0.1, 0.15) is 27.0 Å². The monoisotopic (exact) mass is 261 g/mol. The van der Waals surface area contributed by atoms with Gasteiger partial charge in [0.2, 0.25) is 0 Å². The molecule has 0 aliphatic rings. The van der Waals surface area contributed by atoms with Gasteiger partial charge in [-0.15, -0.1) is 0 Å². The number of ketones is 1. The molecule has 2 aromatic carbocycles. The molecule has 2 rings (SSSR count). The number of rotatable bonds is 2. The van der Waals surface area contributed by atoms with Gasteiger partial charge in [0.25, 0.3) is 0 Å². The Balaban J connectivity index is 2.56. The fourth-order valence-electron chi connectivity index (χ4n) is 1.93. The number of carbonyl (C=O) groups excluding carboxylic acids is 1. The van der Waals surface area contributed by atoms with Crippen LogP contribution in [-0.4, -0.2) is 5.78 Å². The van der Waals surface area contributed by atoms with Gasteiger partial charge in [0.05, 0.1) is 5.56 Å². The smallest absolute Gasteiger partial charge is 0.196 e. The number of hydrogen-bond donors (Lipinski definition) is 1. The lowest BCUT2D eigenvalue weighted by Crippen LogP contribution is -2.08. The predicted octanol–water partition coefficient (Wildman–Crippen LogP) is 3.39. The number of carbonyl (C=O) groups is 1. The van der Waals surface area contributed by atoms with Crippen LogP contribution in [0.15, 0.2) is 30.3 Å². The average molecular weight is 261 g/mol. The molecular formula is C15H13F2NO. The van der Waals surface area contributed by atoms with Crippen LogP contribution in [-0.2, 0) is 0 Å². The van der Waals surface area contributed by atoms with Crippen LogP contribution >= 0.6 is 0 Å². The van der Waals surface area contributed by atoms with E-state index in [2.05, 4.69) is 0 Å². The van der Waals surface area contributed by atoms with E-state index in [0.717, 1.165) is 23.8 Å². The Morgan fingerprint density at radius 2 is 1.68 bits per heavy atom. The van der Waals surface area contributed by atoms with Crippen LogP contribution in [0, 0.1) is 25.5 Å². The van der Waals surface area contributed by atoms with Gasteiger partial charge in [-0.05, 0) is 49.2 Å². The summed E-state index contributed by atoms with van der Waals surface area (Å²) >= 11 is 0. The maximum Gasteiger partial charge on any atom is 0.196 e. The topological polar surface area (TPSA) is 43.1 Å². The highest BCUT2D eigenvalue weighted by atomic mass is 19.1. The fourth-order valence-corrected chi connectivity index (χ4v) is 1.93. The van der Waals surface area contributed by atoms with Gasteiger partial charge >= 0.3 is 0 Å². The van der Waals surface area contributed by atoms with Crippen molar-refractivity contribution >= 4 is 11.5 Å². The summed E-state index contributed by atoms with van der Waals surface area (Å²) in [7, 11) is 0. The second kappa shape index (κ2) is 4.80. The molecule has 0 bridgehead atoms. The molecule has 0 heterocycles. The van der Waals surface area contributed by atoms with Crippen molar-refractivity contribution in [1.82, 2.24) is 0 Å². The maximum atomic E-state index is 13.6. The highest BCUT2D eigenvalue weighted by molar-refractivity contribution is 6.10. The summed E-state index contributed by atoms with van der Waals surface area (Å²) in [6, 6.07) is 6.06. The highest BCUT2D eigenvalue weighted by Gasteiger charge is 2.17. The summed E-state index contributed by atoms with van der Waals surface area (Å²) in [5, 5.41) is 0. The molecule has 0 radical (unpaired) electrons. The van der Waals surface area contributed by atoms with Crippen LogP contribution in [0.25, 0.3) is 0 Å². The molecule has 0 atom stereocenters. The number of aryl methyl sites for hydroxylation is 2. The van der Waals surface area contributed by atoms with Gasteiger partial charge in [-0.25, -0.2) is 8.78 Å². The lowest BCUT2D eigenvalue weighted by molar-refractivity contribution is 0.103. The first-order valence-corrected chi connectivity index (χ1v) is 5.76. The Morgan fingerprint density at radius 3 is 2.37 bits per heavy atom. The van der Waals surface area contributed by atoms with E-state index >= 15 is 0 Å². The van der Waals surface area contributed by atoms with Crippen LogP contribution in [0.2, 0.25) is 0 Å². The van der Waals surface area contributed by atoms with E-state index in [1.165, 1.54) is 6.07 Å². The summed E-state index contributed by atoms with van der Waals surface area (Å²) in [6.45, 7) is 3.55. The zero-order chi connectivity index (χ0) is 14.2. The quantitative estimate of drug-likeness (QED) is 0.665. The van der Waals surface area contributed by atoms with Gasteiger partial charge < -0.3 is 5.73 Å². The lowest BCUT2D eigenvalue weighted by atomic mass is 9.96. The van der Waals surface area contributed by atoms with E-state index < -0.39 is 17.4 Å². The van der Waals surface area contributed by atoms with Crippen molar-refractivity contribution in [3.05, 3.63) is 64.2 Å². The Kier molecular flexibility index (Phi) is 3.34. The van der Waals surface area contributed by atoms with Crippen molar-refractivity contribution < 1.29 is 13.6 Å². The molecule has 0 unspecified atom stereocenters. The Bertz CT molecular complexity index is 665. The van der Waals surface area contributed by atoms with Crippen molar-refractivity contribution in [1.29, 1.82) is 0 Å². The molecule has 98 valence electrons. The molecule has 19 heavy (non-hydrogen) atoms. The van der Waals surface area contributed by atoms with Crippen molar-refractivity contribution in [2.24, 2.45) is 0 Å². The highest BCUT2D eigenvalue weighted by Crippen LogP contribution is 2.22. The van der Waals surface area contributed by atoms with E-state index in [-0.39, 0.29) is 11.1 Å². The Morgan fingerprint density at radius 1 is 1.00 bits per heavy atom. The molecule has 0 aromatic heterocycles. The molecule has 0 amide bonds. The summed E-state index contributed by atoms with van der Waals surface area (Å²) in [5.41, 5.74) is 7.72. The molecule has 4 heteroatoms. The van der Waals surface area contributed by atoms with Gasteiger partial charge in [0.15, 0.2) is 5.78 Å². The van der Waals surface area contributed by atoms with E-state index in [9.17, 15) is 13.6 Å². The molecule has 0 saturated heterocycles. The van der Waals surface area contributed by atoms with Gasteiger partial charge in [-0.3, -0.25) is 4.79 Å². The van der Waals surface area contributed by atoms with Gasteiger partial charge in [-0.2, -0.15) is 0 Å². The second-order valence-electron chi connectivity index (χ2n) is 4.48. The zero-order valence-electron chi connectivity index (χ0n) is 10.6. The summed E-state index contributed by atoms with van der Waals surface area (Å²) in [4.78, 5) is 12.2. The van der Waals surface area contributed by atoms with Crippen molar-refractivity contribution in [3.63, 3.8) is 0 Å². The number of benzene rings is 2. The molecule has 0 spiro atoms. The second-order valence-corrected chi connectivity index (χ2v) is 4.48. The van der Waals surface area contributed by atoms with Crippen molar-refractivity contribution in [2.45, 2.75) is 13.8 Å². The summed E-state index contributed by atoms with van der Waals surface area (Å²) in [6.07, 6.45) is 0. The third kappa shape index (κ3) is 2.47. The first kappa shape index (κ1) is 13.2. The predicted molar refractivity (Wildman–Crippen MR) is 70.1 cm³/mol. The number of nitrogen functional groups attached to an aromatic ring is 1. The molecule has 2 nitrogen and oxygen atoms in total. The number of halogens is 2. The lowest BCUT2D eigenvalue weighted by Gasteiger charge is -2.09. The number of nitrogens with two attached hydrogens (primary N) is 1. The van der Waals surface area contributed by atoms with Crippen molar-refractivity contribution in [3.8, 4) is 0 Å². The van der Waals surface area contributed by atoms with Crippen LogP contribution in [0.3, 0.4) is 0 Å². The van der Waals surface area contributed by atoms with Crippen LogP contribution < -0.4 is 5.73 Å².